The Morgan fingerprint density at radius 2 is 2.06 bits per heavy atom. The summed E-state index contributed by atoms with van der Waals surface area (Å²) in [6, 6.07) is 4.85. The standard InChI is InChI=1S/C12H17FN2O2S/c13-11-3-5-12(6-4-11)18(16,17)15-9-10-2-1-7-14-8-10/h3-6,10,14-15H,1-2,7-9H2/t10-/m0/s1. The van der Waals surface area contributed by atoms with Crippen LogP contribution in [0, 0.1) is 11.7 Å². The molecule has 0 aliphatic carbocycles. The van der Waals surface area contributed by atoms with Crippen molar-refractivity contribution in [3.8, 4) is 0 Å². The molecule has 4 nitrogen and oxygen atoms in total. The van der Waals surface area contributed by atoms with Gasteiger partial charge in [-0.3, -0.25) is 0 Å². The number of halogens is 1. The monoisotopic (exact) mass is 272 g/mol. The van der Waals surface area contributed by atoms with Gasteiger partial charge < -0.3 is 5.32 Å². The van der Waals surface area contributed by atoms with Crippen molar-refractivity contribution in [2.24, 2.45) is 5.92 Å². The first-order chi connectivity index (χ1) is 8.58. The summed E-state index contributed by atoms with van der Waals surface area (Å²) in [6.07, 6.45) is 2.10. The van der Waals surface area contributed by atoms with Crippen molar-refractivity contribution in [1.29, 1.82) is 0 Å². The molecule has 1 fully saturated rings. The summed E-state index contributed by atoms with van der Waals surface area (Å²) in [6.45, 7) is 2.26. The van der Waals surface area contributed by atoms with E-state index in [4.69, 9.17) is 0 Å². The Morgan fingerprint density at radius 1 is 1.33 bits per heavy atom. The van der Waals surface area contributed by atoms with Gasteiger partial charge in [0, 0.05) is 6.54 Å². The molecule has 0 unspecified atom stereocenters. The van der Waals surface area contributed by atoms with Crippen LogP contribution in [-0.2, 0) is 10.0 Å². The Kier molecular flexibility index (Phi) is 4.31. The van der Waals surface area contributed by atoms with Gasteiger partial charge in [0.05, 0.1) is 4.90 Å². The molecule has 1 atom stereocenters. The summed E-state index contributed by atoms with van der Waals surface area (Å²) in [7, 11) is -3.52. The van der Waals surface area contributed by atoms with Crippen molar-refractivity contribution in [3.63, 3.8) is 0 Å². The van der Waals surface area contributed by atoms with Crippen molar-refractivity contribution in [3.05, 3.63) is 30.1 Å². The van der Waals surface area contributed by atoms with E-state index in [2.05, 4.69) is 10.0 Å². The Morgan fingerprint density at radius 3 is 2.67 bits per heavy atom. The van der Waals surface area contributed by atoms with Gasteiger partial charge in [0.1, 0.15) is 5.82 Å². The van der Waals surface area contributed by atoms with Gasteiger partial charge in [-0.05, 0) is 56.1 Å². The molecule has 6 heteroatoms. The number of hydrogen-bond donors (Lipinski definition) is 2. The molecule has 1 aromatic rings. The third-order valence-corrected chi connectivity index (χ3v) is 4.52. The van der Waals surface area contributed by atoms with Gasteiger partial charge in [-0.1, -0.05) is 0 Å². The smallest absolute Gasteiger partial charge is 0.240 e. The first kappa shape index (κ1) is 13.5. The Hall–Kier alpha value is -0.980. The van der Waals surface area contributed by atoms with Crippen molar-refractivity contribution in [2.45, 2.75) is 17.7 Å². The van der Waals surface area contributed by atoms with Crippen LogP contribution in [0.4, 0.5) is 4.39 Å². The zero-order valence-corrected chi connectivity index (χ0v) is 10.8. The maximum atomic E-state index is 12.7. The molecule has 0 radical (unpaired) electrons. The van der Waals surface area contributed by atoms with Crippen LogP contribution in [-0.4, -0.2) is 28.1 Å². The van der Waals surface area contributed by atoms with Crippen LogP contribution in [0.25, 0.3) is 0 Å². The molecule has 0 spiro atoms. The van der Waals surface area contributed by atoms with Gasteiger partial charge in [0.25, 0.3) is 0 Å². The Balaban J connectivity index is 1.96. The van der Waals surface area contributed by atoms with E-state index in [0.29, 0.717) is 12.5 Å². The first-order valence-electron chi connectivity index (χ1n) is 6.04. The van der Waals surface area contributed by atoms with Crippen LogP contribution in [0.1, 0.15) is 12.8 Å². The van der Waals surface area contributed by atoms with E-state index in [1.165, 1.54) is 12.1 Å². The molecule has 2 N–H and O–H groups in total. The molecular weight excluding hydrogens is 255 g/mol. The third-order valence-electron chi connectivity index (χ3n) is 3.08. The minimum Gasteiger partial charge on any atom is -0.316 e. The average molecular weight is 272 g/mol. The van der Waals surface area contributed by atoms with Crippen molar-refractivity contribution < 1.29 is 12.8 Å². The van der Waals surface area contributed by atoms with Gasteiger partial charge >= 0.3 is 0 Å². The van der Waals surface area contributed by atoms with Crippen LogP contribution < -0.4 is 10.0 Å². The van der Waals surface area contributed by atoms with E-state index in [0.717, 1.165) is 38.1 Å². The lowest BCUT2D eigenvalue weighted by atomic mass is 10.0. The van der Waals surface area contributed by atoms with Gasteiger partial charge in [-0.15, -0.1) is 0 Å². The van der Waals surface area contributed by atoms with E-state index in [9.17, 15) is 12.8 Å². The van der Waals surface area contributed by atoms with Crippen LogP contribution >= 0.6 is 0 Å². The molecule has 100 valence electrons. The zero-order chi connectivity index (χ0) is 13.0. The molecule has 1 saturated heterocycles. The molecule has 0 aromatic heterocycles. The summed E-state index contributed by atoms with van der Waals surface area (Å²) in [5, 5.41) is 3.23. The highest BCUT2D eigenvalue weighted by atomic mass is 32.2. The van der Waals surface area contributed by atoms with Crippen LogP contribution in [0.2, 0.25) is 0 Å². The summed E-state index contributed by atoms with van der Waals surface area (Å²) >= 11 is 0. The molecule has 2 rings (SSSR count). The van der Waals surface area contributed by atoms with E-state index < -0.39 is 15.8 Å². The number of nitrogens with one attached hydrogen (secondary N) is 2. The number of rotatable bonds is 4. The van der Waals surface area contributed by atoms with Gasteiger partial charge in [-0.2, -0.15) is 0 Å². The van der Waals surface area contributed by atoms with Gasteiger partial charge in [-0.25, -0.2) is 17.5 Å². The number of sulfonamides is 1. The minimum absolute atomic E-state index is 0.104. The predicted octanol–water partition coefficient (Wildman–Crippen LogP) is 1.10. The first-order valence-corrected chi connectivity index (χ1v) is 7.52. The quantitative estimate of drug-likeness (QED) is 0.863. The summed E-state index contributed by atoms with van der Waals surface area (Å²) in [5.41, 5.74) is 0. The highest BCUT2D eigenvalue weighted by Gasteiger charge is 2.18. The molecule has 18 heavy (non-hydrogen) atoms. The number of hydrogen-bond acceptors (Lipinski definition) is 3. The molecule has 1 heterocycles. The number of benzene rings is 1. The third kappa shape index (κ3) is 3.51. The predicted molar refractivity (Wildman–Crippen MR) is 67.2 cm³/mol. The lowest BCUT2D eigenvalue weighted by Gasteiger charge is -2.22. The zero-order valence-electron chi connectivity index (χ0n) is 10.0. The second-order valence-electron chi connectivity index (χ2n) is 4.52. The van der Waals surface area contributed by atoms with E-state index in [1.807, 2.05) is 0 Å². The van der Waals surface area contributed by atoms with Gasteiger partial charge in [0.2, 0.25) is 10.0 Å². The van der Waals surface area contributed by atoms with Crippen LogP contribution in [0.15, 0.2) is 29.2 Å². The highest BCUT2D eigenvalue weighted by molar-refractivity contribution is 7.89. The second kappa shape index (κ2) is 5.77. The fraction of sp³-hybridized carbons (Fsp3) is 0.500. The average Bonchev–Trinajstić information content (AvgIpc) is 2.38. The maximum absolute atomic E-state index is 12.7. The van der Waals surface area contributed by atoms with E-state index >= 15 is 0 Å². The topological polar surface area (TPSA) is 58.2 Å². The van der Waals surface area contributed by atoms with E-state index in [1.54, 1.807) is 0 Å². The summed E-state index contributed by atoms with van der Waals surface area (Å²) in [4.78, 5) is 0.104. The molecule has 0 amide bonds. The largest absolute Gasteiger partial charge is 0.316 e. The van der Waals surface area contributed by atoms with Crippen LogP contribution in [0.5, 0.6) is 0 Å². The maximum Gasteiger partial charge on any atom is 0.240 e. The normalized spacial score (nSPS) is 20.8. The summed E-state index contributed by atoms with van der Waals surface area (Å²) < 4.78 is 39.2. The lowest BCUT2D eigenvalue weighted by molar-refractivity contribution is 0.376. The van der Waals surface area contributed by atoms with Crippen molar-refractivity contribution >= 4 is 10.0 Å². The molecule has 0 bridgehead atoms. The fourth-order valence-electron chi connectivity index (χ4n) is 2.02. The molecule has 0 saturated carbocycles. The van der Waals surface area contributed by atoms with Crippen molar-refractivity contribution in [1.82, 2.24) is 10.0 Å². The van der Waals surface area contributed by atoms with Gasteiger partial charge in [0.15, 0.2) is 0 Å². The fourth-order valence-corrected chi connectivity index (χ4v) is 3.14. The van der Waals surface area contributed by atoms with E-state index in [-0.39, 0.29) is 4.90 Å². The number of piperidine rings is 1. The molecule has 1 aliphatic rings. The lowest BCUT2D eigenvalue weighted by Crippen LogP contribution is -2.38. The Bertz CT molecular complexity index is 481. The summed E-state index contributed by atoms with van der Waals surface area (Å²) in [5.74, 6) is -0.112. The molecule has 1 aromatic carbocycles. The SMILES string of the molecule is O=S(=O)(NC[C@H]1CCCNC1)c1ccc(F)cc1. The van der Waals surface area contributed by atoms with Crippen LogP contribution in [0.3, 0.4) is 0 Å². The van der Waals surface area contributed by atoms with Crippen molar-refractivity contribution in [2.75, 3.05) is 19.6 Å². The molecule has 1 aliphatic heterocycles. The highest BCUT2D eigenvalue weighted by Crippen LogP contribution is 2.12. The minimum atomic E-state index is -3.52. The molecular formula is C12H17FN2O2S. The second-order valence-corrected chi connectivity index (χ2v) is 6.29. The Labute approximate surface area is 107 Å².